The molecule has 1 fully saturated rings. The number of aldehydes is 1. The second-order valence-electron chi connectivity index (χ2n) is 6.20. The fraction of sp³-hybridized carbons (Fsp3) is 0.556. The van der Waals surface area contributed by atoms with Gasteiger partial charge in [0.05, 0.1) is 24.2 Å². The number of hydrogen-bond donors (Lipinski definition) is 1. The molecular weight excluding hydrogens is 370 g/mol. The van der Waals surface area contributed by atoms with Gasteiger partial charge in [-0.15, -0.1) is 0 Å². The van der Waals surface area contributed by atoms with Gasteiger partial charge in [0.2, 0.25) is 0 Å². The van der Waals surface area contributed by atoms with E-state index >= 15 is 0 Å². The fourth-order valence-electron chi connectivity index (χ4n) is 2.72. The van der Waals surface area contributed by atoms with Gasteiger partial charge in [-0.25, -0.2) is 8.42 Å². The molecule has 150 valence electrons. The van der Waals surface area contributed by atoms with Crippen molar-refractivity contribution in [2.24, 2.45) is 4.99 Å². The molecule has 1 atom stereocenters. The summed E-state index contributed by atoms with van der Waals surface area (Å²) in [5.74, 6) is 0.428. The van der Waals surface area contributed by atoms with Crippen LogP contribution in [0.15, 0.2) is 34.2 Å². The smallest absolute Gasteiger partial charge is 0.263 e. The largest absolute Gasteiger partial charge is 0.385 e. The molecular formula is C18H27N3O5S. The maximum atomic E-state index is 11.7. The maximum Gasteiger partial charge on any atom is 0.263 e. The summed E-state index contributed by atoms with van der Waals surface area (Å²) in [5, 5.41) is 0. The first-order valence-corrected chi connectivity index (χ1v) is 10.4. The van der Waals surface area contributed by atoms with Crippen molar-refractivity contribution < 1.29 is 22.7 Å². The summed E-state index contributed by atoms with van der Waals surface area (Å²) in [6.45, 7) is 6.37. The average molecular weight is 397 g/mol. The van der Waals surface area contributed by atoms with E-state index in [9.17, 15) is 13.2 Å². The number of morpholine rings is 1. The van der Waals surface area contributed by atoms with Gasteiger partial charge in [0.15, 0.2) is 0 Å². The van der Waals surface area contributed by atoms with Gasteiger partial charge in [0.25, 0.3) is 10.0 Å². The first kappa shape index (κ1) is 21.5. The summed E-state index contributed by atoms with van der Waals surface area (Å²) in [6.07, 6.45) is 1.75. The summed E-state index contributed by atoms with van der Waals surface area (Å²) in [6, 6.07) is 6.89. The number of carbonyl (C=O) groups is 1. The Morgan fingerprint density at radius 1 is 1.33 bits per heavy atom. The average Bonchev–Trinajstić information content (AvgIpc) is 2.96. The van der Waals surface area contributed by atoms with E-state index in [-0.39, 0.29) is 6.04 Å². The molecule has 2 heterocycles. The number of ether oxygens (including phenoxy) is 2. The van der Waals surface area contributed by atoms with E-state index in [0.29, 0.717) is 29.4 Å². The third-order valence-electron chi connectivity index (χ3n) is 4.26. The van der Waals surface area contributed by atoms with Gasteiger partial charge in [0.1, 0.15) is 12.1 Å². The molecule has 2 aliphatic heterocycles. The van der Waals surface area contributed by atoms with Crippen molar-refractivity contribution in [2.75, 3.05) is 46.6 Å². The molecule has 1 saturated heterocycles. The van der Waals surface area contributed by atoms with Gasteiger partial charge in [-0.2, -0.15) is 0 Å². The van der Waals surface area contributed by atoms with Crippen LogP contribution in [0.3, 0.4) is 0 Å². The predicted molar refractivity (Wildman–Crippen MR) is 103 cm³/mol. The van der Waals surface area contributed by atoms with Crippen molar-refractivity contribution in [3.63, 3.8) is 0 Å². The third kappa shape index (κ3) is 6.10. The standard InChI is InChI=1S/C11H14N2O3S.C7H13NO2/c1-16-8-4-7-12-11-9-5-2-3-6-10(9)17(14,15)13-11;1-7(6-9)8-2-4-10-5-3-8/h2-3,5-6H,4,7-8H2,1H3,(H,12,13);6-7H,2-5H2,1H3. The van der Waals surface area contributed by atoms with Gasteiger partial charge in [-0.05, 0) is 25.5 Å². The Bertz CT molecular complexity index is 745. The van der Waals surface area contributed by atoms with Crippen molar-refractivity contribution in [3.05, 3.63) is 29.8 Å². The van der Waals surface area contributed by atoms with Gasteiger partial charge >= 0.3 is 0 Å². The predicted octanol–water partition coefficient (Wildman–Crippen LogP) is 0.668. The molecule has 27 heavy (non-hydrogen) atoms. The number of rotatable bonds is 6. The number of methoxy groups -OCH3 is 1. The van der Waals surface area contributed by atoms with E-state index in [4.69, 9.17) is 9.47 Å². The molecule has 1 aromatic rings. The van der Waals surface area contributed by atoms with Gasteiger partial charge in [-0.1, -0.05) is 12.1 Å². The van der Waals surface area contributed by atoms with Crippen LogP contribution in [0.4, 0.5) is 0 Å². The van der Waals surface area contributed by atoms with E-state index in [2.05, 4.69) is 14.6 Å². The summed E-state index contributed by atoms with van der Waals surface area (Å²) in [4.78, 5) is 17.0. The molecule has 2 aliphatic rings. The molecule has 0 aliphatic carbocycles. The summed E-state index contributed by atoms with van der Waals surface area (Å²) in [5.41, 5.74) is 0.643. The quantitative estimate of drug-likeness (QED) is 0.560. The SMILES string of the molecule is CC(C=O)N1CCOCC1.COCCCN=C1NS(=O)(=O)c2ccccc21. The van der Waals surface area contributed by atoms with Crippen LogP contribution in [0.1, 0.15) is 18.9 Å². The lowest BCUT2D eigenvalue weighted by Crippen LogP contribution is -2.42. The zero-order valence-electron chi connectivity index (χ0n) is 15.8. The number of carbonyl (C=O) groups excluding carboxylic acids is 1. The van der Waals surface area contributed by atoms with Crippen LogP contribution in [0.25, 0.3) is 0 Å². The number of nitrogens with zero attached hydrogens (tertiary/aromatic N) is 2. The van der Waals surface area contributed by atoms with Crippen molar-refractivity contribution in [1.29, 1.82) is 0 Å². The zero-order valence-corrected chi connectivity index (χ0v) is 16.6. The Morgan fingerprint density at radius 2 is 2.04 bits per heavy atom. The first-order chi connectivity index (χ1) is 13.0. The van der Waals surface area contributed by atoms with E-state index in [1.54, 1.807) is 31.4 Å². The second-order valence-corrected chi connectivity index (χ2v) is 7.85. The molecule has 3 rings (SSSR count). The minimum absolute atomic E-state index is 0.0592. The molecule has 0 radical (unpaired) electrons. The van der Waals surface area contributed by atoms with E-state index in [1.165, 1.54) is 0 Å². The normalized spacial score (nSPS) is 20.9. The van der Waals surface area contributed by atoms with Crippen LogP contribution < -0.4 is 4.72 Å². The molecule has 1 N–H and O–H groups in total. The van der Waals surface area contributed by atoms with Crippen molar-refractivity contribution in [3.8, 4) is 0 Å². The highest BCUT2D eigenvalue weighted by atomic mass is 32.2. The number of nitrogens with one attached hydrogen (secondary N) is 1. The third-order valence-corrected chi connectivity index (χ3v) is 5.65. The number of aliphatic imine (C=N–C) groups is 1. The summed E-state index contributed by atoms with van der Waals surface area (Å²) in [7, 11) is -1.78. The van der Waals surface area contributed by atoms with Crippen molar-refractivity contribution >= 4 is 22.1 Å². The first-order valence-electron chi connectivity index (χ1n) is 8.92. The molecule has 1 aromatic carbocycles. The van der Waals surface area contributed by atoms with Crippen LogP contribution in [-0.2, 0) is 24.3 Å². The monoisotopic (exact) mass is 397 g/mol. The zero-order chi connectivity index (χ0) is 19.7. The van der Waals surface area contributed by atoms with Crippen molar-refractivity contribution in [1.82, 2.24) is 9.62 Å². The van der Waals surface area contributed by atoms with E-state index in [0.717, 1.165) is 39.0 Å². The number of amidine groups is 1. The molecule has 9 heteroatoms. The van der Waals surface area contributed by atoms with Crippen LogP contribution in [0.5, 0.6) is 0 Å². The Labute approximate surface area is 160 Å². The molecule has 0 bridgehead atoms. The van der Waals surface area contributed by atoms with Gasteiger partial charge < -0.3 is 14.3 Å². The molecule has 0 aromatic heterocycles. The summed E-state index contributed by atoms with van der Waals surface area (Å²) >= 11 is 0. The highest BCUT2D eigenvalue weighted by Crippen LogP contribution is 2.22. The van der Waals surface area contributed by atoms with Crippen molar-refractivity contribution in [2.45, 2.75) is 24.3 Å². The highest BCUT2D eigenvalue weighted by Gasteiger charge is 2.29. The number of hydrogen-bond acceptors (Lipinski definition) is 7. The maximum absolute atomic E-state index is 11.7. The van der Waals surface area contributed by atoms with Crippen LogP contribution >= 0.6 is 0 Å². The van der Waals surface area contributed by atoms with E-state index < -0.39 is 10.0 Å². The Kier molecular flexibility index (Phi) is 8.36. The Morgan fingerprint density at radius 3 is 2.70 bits per heavy atom. The number of benzene rings is 1. The Hall–Kier alpha value is -1.81. The topological polar surface area (TPSA) is 97.3 Å². The molecule has 0 amide bonds. The van der Waals surface area contributed by atoms with Gasteiger partial charge in [0, 0.05) is 38.9 Å². The molecule has 0 saturated carbocycles. The van der Waals surface area contributed by atoms with Gasteiger partial charge in [-0.3, -0.25) is 14.6 Å². The van der Waals surface area contributed by atoms with E-state index in [1.807, 2.05) is 6.92 Å². The second kappa shape index (κ2) is 10.5. The Balaban J connectivity index is 0.000000223. The minimum Gasteiger partial charge on any atom is -0.385 e. The van der Waals surface area contributed by atoms with Crippen LogP contribution in [0, 0.1) is 0 Å². The van der Waals surface area contributed by atoms with Crippen LogP contribution in [-0.4, -0.2) is 78.0 Å². The lowest BCUT2D eigenvalue weighted by molar-refractivity contribution is -0.113. The number of fused-ring (bicyclic) bond motifs is 1. The molecule has 0 spiro atoms. The fourth-order valence-corrected chi connectivity index (χ4v) is 3.97. The summed E-state index contributed by atoms with van der Waals surface area (Å²) < 4.78 is 36.0. The molecule has 1 unspecified atom stereocenters. The lowest BCUT2D eigenvalue weighted by Gasteiger charge is -2.28. The number of sulfonamides is 1. The molecule has 8 nitrogen and oxygen atoms in total. The van der Waals surface area contributed by atoms with Crippen LogP contribution in [0.2, 0.25) is 0 Å². The lowest BCUT2D eigenvalue weighted by atomic mass is 10.2. The highest BCUT2D eigenvalue weighted by molar-refractivity contribution is 7.90. The minimum atomic E-state index is -3.41.